The first kappa shape index (κ1) is 15.4. The molecule has 1 unspecified atom stereocenters. The fourth-order valence-corrected chi connectivity index (χ4v) is 1.47. The van der Waals surface area contributed by atoms with Gasteiger partial charge in [-0.2, -0.15) is 0 Å². The van der Waals surface area contributed by atoms with Gasteiger partial charge in [0.2, 0.25) is 0 Å². The fourth-order valence-electron chi connectivity index (χ4n) is 1.28. The number of carbonyl (C=O) groups excluding carboxylic acids is 1. The van der Waals surface area contributed by atoms with E-state index in [2.05, 4.69) is 24.1 Å². The minimum Gasteiger partial charge on any atom is -0.352 e. The number of hydrogen-bond acceptors (Lipinski definition) is 4. The van der Waals surface area contributed by atoms with E-state index < -0.39 is 10.8 Å². The van der Waals surface area contributed by atoms with E-state index in [1.54, 1.807) is 0 Å². The molecule has 0 bridgehead atoms. The molecule has 7 heteroatoms. The minimum atomic E-state index is -0.614. The van der Waals surface area contributed by atoms with E-state index in [0.717, 1.165) is 12.3 Å². The summed E-state index contributed by atoms with van der Waals surface area (Å²) in [4.78, 5) is 25.6. The number of nitrogens with zero attached hydrogens (tertiary/aromatic N) is 2. The van der Waals surface area contributed by atoms with Crippen LogP contribution in [0.3, 0.4) is 0 Å². The summed E-state index contributed by atoms with van der Waals surface area (Å²) >= 11 is 5.78. The van der Waals surface area contributed by atoms with Crippen LogP contribution in [0.15, 0.2) is 12.3 Å². The number of halogens is 1. The molecule has 0 fully saturated rings. The zero-order valence-corrected chi connectivity index (χ0v) is 11.8. The third-order valence-electron chi connectivity index (χ3n) is 3.00. The van der Waals surface area contributed by atoms with Crippen molar-refractivity contribution >= 4 is 23.2 Å². The predicted molar refractivity (Wildman–Crippen MR) is 72.2 cm³/mol. The summed E-state index contributed by atoms with van der Waals surface area (Å²) in [6.07, 6.45) is 1.02. The smallest absolute Gasteiger partial charge is 0.288 e. The molecule has 1 atom stereocenters. The van der Waals surface area contributed by atoms with E-state index >= 15 is 0 Å². The molecule has 0 saturated carbocycles. The Labute approximate surface area is 116 Å². The van der Waals surface area contributed by atoms with E-state index in [-0.39, 0.29) is 16.4 Å². The van der Waals surface area contributed by atoms with Crippen molar-refractivity contribution in [2.24, 2.45) is 11.8 Å². The molecule has 1 N–H and O–H groups in total. The Hall–Kier alpha value is -1.69. The van der Waals surface area contributed by atoms with Crippen LogP contribution in [0.1, 0.15) is 31.1 Å². The number of amides is 1. The second-order valence-corrected chi connectivity index (χ2v) is 5.08. The van der Waals surface area contributed by atoms with Crippen molar-refractivity contribution in [1.82, 2.24) is 10.3 Å². The Balaban J connectivity index is 2.82. The maximum absolute atomic E-state index is 11.9. The molecule has 1 amide bonds. The maximum atomic E-state index is 11.9. The summed E-state index contributed by atoms with van der Waals surface area (Å²) in [5.41, 5.74) is -0.238. The molecule has 19 heavy (non-hydrogen) atoms. The van der Waals surface area contributed by atoms with Gasteiger partial charge in [-0.1, -0.05) is 32.4 Å². The highest BCUT2D eigenvalue weighted by molar-refractivity contribution is 6.32. The van der Waals surface area contributed by atoms with Crippen molar-refractivity contribution in [3.63, 3.8) is 0 Å². The lowest BCUT2D eigenvalue weighted by Crippen LogP contribution is -2.30. The largest absolute Gasteiger partial charge is 0.352 e. The van der Waals surface area contributed by atoms with Crippen molar-refractivity contribution in [3.05, 3.63) is 33.1 Å². The van der Waals surface area contributed by atoms with Crippen LogP contribution in [0, 0.1) is 22.0 Å². The summed E-state index contributed by atoms with van der Waals surface area (Å²) in [5, 5.41) is 13.3. The van der Waals surface area contributed by atoms with Crippen LogP contribution in [-0.2, 0) is 0 Å². The van der Waals surface area contributed by atoms with E-state index in [0.29, 0.717) is 18.4 Å². The lowest BCUT2D eigenvalue weighted by molar-refractivity contribution is -0.385. The second-order valence-electron chi connectivity index (χ2n) is 4.72. The van der Waals surface area contributed by atoms with Crippen LogP contribution in [0.2, 0.25) is 5.15 Å². The molecule has 0 aliphatic carbocycles. The van der Waals surface area contributed by atoms with Gasteiger partial charge in [0.05, 0.1) is 10.5 Å². The number of pyridine rings is 1. The average Bonchev–Trinajstić information content (AvgIpc) is 2.35. The van der Waals surface area contributed by atoms with Crippen LogP contribution in [0.4, 0.5) is 5.69 Å². The third-order valence-corrected chi connectivity index (χ3v) is 3.30. The number of aromatic nitrogens is 1. The van der Waals surface area contributed by atoms with E-state index in [4.69, 9.17) is 11.6 Å². The molecule has 1 rings (SSSR count). The first-order valence-electron chi connectivity index (χ1n) is 5.91. The number of nitro groups is 1. The molecule has 0 aliphatic heterocycles. The number of hydrogen-bond donors (Lipinski definition) is 1. The minimum absolute atomic E-state index is 0.0202. The zero-order valence-electron chi connectivity index (χ0n) is 11.0. The Kier molecular flexibility index (Phi) is 5.23. The lowest BCUT2D eigenvalue weighted by atomic mass is 9.98. The van der Waals surface area contributed by atoms with E-state index in [9.17, 15) is 14.9 Å². The van der Waals surface area contributed by atoms with Crippen molar-refractivity contribution < 1.29 is 9.72 Å². The fraction of sp³-hybridized carbons (Fsp3) is 0.500. The summed E-state index contributed by atoms with van der Waals surface area (Å²) < 4.78 is 0. The van der Waals surface area contributed by atoms with Gasteiger partial charge in [-0.3, -0.25) is 14.9 Å². The summed E-state index contributed by atoms with van der Waals surface area (Å²) in [7, 11) is 0. The highest BCUT2D eigenvalue weighted by Gasteiger charge is 2.18. The van der Waals surface area contributed by atoms with Crippen molar-refractivity contribution in [1.29, 1.82) is 0 Å². The van der Waals surface area contributed by atoms with Crippen LogP contribution >= 0.6 is 11.6 Å². The van der Waals surface area contributed by atoms with Crippen molar-refractivity contribution in [2.75, 3.05) is 6.54 Å². The molecule has 0 spiro atoms. The molecule has 1 heterocycles. The lowest BCUT2D eigenvalue weighted by Gasteiger charge is -2.16. The summed E-state index contributed by atoms with van der Waals surface area (Å²) in [6.45, 7) is 6.60. The molecule has 0 aliphatic rings. The molecule has 0 saturated heterocycles. The molecule has 1 aromatic heterocycles. The van der Waals surface area contributed by atoms with Gasteiger partial charge in [-0.25, -0.2) is 4.98 Å². The standard InChI is InChI=1S/C12H16ClN3O3/c1-7(2)8(3)5-15-12(17)10-4-9(16(18)19)6-14-11(10)13/h4,6-8H,5H2,1-3H3,(H,15,17). The Morgan fingerprint density at radius 1 is 1.53 bits per heavy atom. The Morgan fingerprint density at radius 2 is 2.16 bits per heavy atom. The van der Waals surface area contributed by atoms with Gasteiger partial charge in [0, 0.05) is 12.6 Å². The molecule has 0 aromatic carbocycles. The Morgan fingerprint density at radius 3 is 2.68 bits per heavy atom. The van der Waals surface area contributed by atoms with Crippen molar-refractivity contribution in [2.45, 2.75) is 20.8 Å². The molecule has 0 radical (unpaired) electrons. The molecule has 104 valence electrons. The van der Waals surface area contributed by atoms with Crippen LogP contribution in [0.25, 0.3) is 0 Å². The first-order chi connectivity index (χ1) is 8.82. The van der Waals surface area contributed by atoms with Crippen LogP contribution in [-0.4, -0.2) is 22.4 Å². The SMILES string of the molecule is CC(C)C(C)CNC(=O)c1cc([N+](=O)[O-])cnc1Cl. The quantitative estimate of drug-likeness (QED) is 0.512. The second kappa shape index (κ2) is 6.47. The molecular weight excluding hydrogens is 270 g/mol. The van der Waals surface area contributed by atoms with E-state index in [1.165, 1.54) is 0 Å². The molecule has 1 aromatic rings. The van der Waals surface area contributed by atoms with Gasteiger partial charge >= 0.3 is 0 Å². The average molecular weight is 286 g/mol. The summed E-state index contributed by atoms with van der Waals surface area (Å²) in [6, 6.07) is 1.13. The van der Waals surface area contributed by atoms with Gasteiger partial charge in [0.1, 0.15) is 11.3 Å². The van der Waals surface area contributed by atoms with E-state index in [1.807, 2.05) is 6.92 Å². The van der Waals surface area contributed by atoms with Gasteiger partial charge in [0.15, 0.2) is 0 Å². The maximum Gasteiger partial charge on any atom is 0.288 e. The highest BCUT2D eigenvalue weighted by atomic mass is 35.5. The first-order valence-corrected chi connectivity index (χ1v) is 6.28. The summed E-state index contributed by atoms with van der Waals surface area (Å²) in [5.74, 6) is 0.280. The number of rotatable bonds is 5. The zero-order chi connectivity index (χ0) is 14.6. The topological polar surface area (TPSA) is 85.1 Å². The highest BCUT2D eigenvalue weighted by Crippen LogP contribution is 2.19. The predicted octanol–water partition coefficient (Wildman–Crippen LogP) is 2.67. The van der Waals surface area contributed by atoms with Gasteiger partial charge in [-0.15, -0.1) is 0 Å². The monoisotopic (exact) mass is 285 g/mol. The molecular formula is C12H16ClN3O3. The Bertz CT molecular complexity index is 491. The molecule has 6 nitrogen and oxygen atoms in total. The normalized spacial score (nSPS) is 12.3. The number of nitrogens with one attached hydrogen (secondary N) is 1. The number of carbonyl (C=O) groups is 1. The van der Waals surface area contributed by atoms with Crippen LogP contribution in [0.5, 0.6) is 0 Å². The van der Waals surface area contributed by atoms with Crippen LogP contribution < -0.4 is 5.32 Å². The van der Waals surface area contributed by atoms with Gasteiger partial charge in [0.25, 0.3) is 11.6 Å². The van der Waals surface area contributed by atoms with Crippen molar-refractivity contribution in [3.8, 4) is 0 Å². The van der Waals surface area contributed by atoms with Gasteiger partial charge in [-0.05, 0) is 11.8 Å². The van der Waals surface area contributed by atoms with Gasteiger partial charge < -0.3 is 5.32 Å². The third kappa shape index (κ3) is 4.17.